The number of carbonyl (C=O) groups is 1. The molecule has 0 fully saturated rings. The highest BCUT2D eigenvalue weighted by atomic mass is 35.5. The van der Waals surface area contributed by atoms with Crippen molar-refractivity contribution in [1.29, 1.82) is 0 Å². The largest absolute Gasteiger partial charge is 0.473 e. The molecule has 0 aliphatic carbocycles. The van der Waals surface area contributed by atoms with E-state index in [1.807, 2.05) is 39.0 Å². The Hall–Kier alpha value is -2.27. The van der Waals surface area contributed by atoms with Crippen LogP contribution in [0.2, 0.25) is 5.02 Å². The molecule has 0 saturated carbocycles. The molecule has 1 heterocycles. The molecule has 22 heavy (non-hydrogen) atoms. The number of rotatable bonds is 4. The minimum absolute atomic E-state index is 0.0538. The number of halogens is 1. The second kappa shape index (κ2) is 7.13. The molecule has 1 aromatic carbocycles. The van der Waals surface area contributed by atoms with Crippen LogP contribution in [0.5, 0.6) is 5.75 Å². The van der Waals surface area contributed by atoms with Gasteiger partial charge >= 0.3 is 6.03 Å². The molecule has 0 spiro atoms. The van der Waals surface area contributed by atoms with Crippen LogP contribution in [0.1, 0.15) is 16.7 Å². The molecular weight excluding hydrogens is 302 g/mol. The summed E-state index contributed by atoms with van der Waals surface area (Å²) in [6.07, 6.45) is 1.69. The molecule has 6 heteroatoms. The fourth-order valence-corrected chi connectivity index (χ4v) is 1.99. The van der Waals surface area contributed by atoms with Crippen molar-refractivity contribution in [3.63, 3.8) is 0 Å². The number of hydrogen-bond acceptors (Lipinski definition) is 3. The van der Waals surface area contributed by atoms with Crippen LogP contribution in [0.15, 0.2) is 30.5 Å². The number of ether oxygens (including phenoxy) is 1. The average molecular weight is 320 g/mol. The summed E-state index contributed by atoms with van der Waals surface area (Å²) in [6, 6.07) is 6.89. The quantitative estimate of drug-likeness (QED) is 0.842. The van der Waals surface area contributed by atoms with Crippen LogP contribution in [0.3, 0.4) is 0 Å². The first-order valence-corrected chi connectivity index (χ1v) is 7.20. The fraction of sp³-hybridized carbons (Fsp3) is 0.250. The van der Waals surface area contributed by atoms with Gasteiger partial charge in [0.15, 0.2) is 6.73 Å². The number of nitrogens with zero attached hydrogens (tertiary/aromatic N) is 1. The minimum Gasteiger partial charge on any atom is -0.473 e. The predicted molar refractivity (Wildman–Crippen MR) is 87.5 cm³/mol. The Morgan fingerprint density at radius 3 is 2.50 bits per heavy atom. The monoisotopic (exact) mass is 319 g/mol. The van der Waals surface area contributed by atoms with Gasteiger partial charge in [-0.25, -0.2) is 9.78 Å². The Bertz CT molecular complexity index is 649. The molecule has 0 aliphatic rings. The van der Waals surface area contributed by atoms with Crippen LogP contribution in [0, 0.1) is 20.8 Å². The third-order valence-corrected chi connectivity index (χ3v) is 3.63. The molecular formula is C16H18ClN3O2. The Balaban J connectivity index is 1.83. The van der Waals surface area contributed by atoms with E-state index in [1.54, 1.807) is 12.3 Å². The highest BCUT2D eigenvalue weighted by molar-refractivity contribution is 6.32. The standard InChI is InChI=1S/C16H18ClN3O2/c1-10-4-5-14(18-8-10)20-16(21)19-9-22-13-6-11(2)15(17)12(3)7-13/h4-8H,9H2,1-3H3,(H2,18,19,20,21). The molecule has 1 aromatic heterocycles. The second-order valence-electron chi connectivity index (χ2n) is 5.01. The van der Waals surface area contributed by atoms with Gasteiger partial charge in [-0.3, -0.25) is 5.32 Å². The van der Waals surface area contributed by atoms with Crippen molar-refractivity contribution >= 4 is 23.4 Å². The van der Waals surface area contributed by atoms with Gasteiger partial charge in [-0.15, -0.1) is 0 Å². The molecule has 0 aliphatic heterocycles. The molecule has 0 unspecified atom stereocenters. The first-order chi connectivity index (χ1) is 10.5. The molecule has 0 saturated heterocycles. The number of pyridine rings is 1. The number of anilines is 1. The molecule has 116 valence electrons. The summed E-state index contributed by atoms with van der Waals surface area (Å²) in [5, 5.41) is 5.95. The van der Waals surface area contributed by atoms with Crippen molar-refractivity contribution in [1.82, 2.24) is 10.3 Å². The lowest BCUT2D eigenvalue weighted by atomic mass is 10.1. The van der Waals surface area contributed by atoms with E-state index in [1.165, 1.54) is 0 Å². The normalized spacial score (nSPS) is 10.2. The molecule has 2 rings (SSSR count). The Labute approximate surface area is 134 Å². The summed E-state index contributed by atoms with van der Waals surface area (Å²) in [5.74, 6) is 1.15. The van der Waals surface area contributed by atoms with Crippen molar-refractivity contribution in [3.8, 4) is 5.75 Å². The van der Waals surface area contributed by atoms with Gasteiger partial charge in [-0.05, 0) is 55.7 Å². The first-order valence-electron chi connectivity index (χ1n) is 6.83. The zero-order chi connectivity index (χ0) is 16.1. The lowest BCUT2D eigenvalue weighted by Crippen LogP contribution is -2.32. The third-order valence-electron chi connectivity index (χ3n) is 3.03. The van der Waals surface area contributed by atoms with Gasteiger partial charge in [0.25, 0.3) is 0 Å². The molecule has 2 aromatic rings. The number of hydrogen-bond donors (Lipinski definition) is 2. The highest BCUT2D eigenvalue weighted by Gasteiger charge is 2.05. The third kappa shape index (κ3) is 4.36. The van der Waals surface area contributed by atoms with Crippen LogP contribution in [0.4, 0.5) is 10.6 Å². The van der Waals surface area contributed by atoms with E-state index in [4.69, 9.17) is 16.3 Å². The highest BCUT2D eigenvalue weighted by Crippen LogP contribution is 2.25. The van der Waals surface area contributed by atoms with E-state index in [-0.39, 0.29) is 12.8 Å². The number of aryl methyl sites for hydroxylation is 3. The van der Waals surface area contributed by atoms with Crippen LogP contribution in [-0.4, -0.2) is 17.7 Å². The number of urea groups is 1. The van der Waals surface area contributed by atoms with Gasteiger partial charge in [0, 0.05) is 11.2 Å². The zero-order valence-electron chi connectivity index (χ0n) is 12.7. The SMILES string of the molecule is Cc1ccc(NC(=O)NCOc2cc(C)c(Cl)c(C)c2)nc1. The minimum atomic E-state index is -0.376. The van der Waals surface area contributed by atoms with E-state index in [0.717, 1.165) is 21.7 Å². The van der Waals surface area contributed by atoms with Crippen LogP contribution < -0.4 is 15.4 Å². The fourth-order valence-electron chi connectivity index (χ4n) is 1.88. The summed E-state index contributed by atoms with van der Waals surface area (Å²) in [4.78, 5) is 15.8. The van der Waals surface area contributed by atoms with Crippen molar-refractivity contribution in [3.05, 3.63) is 52.2 Å². The summed E-state index contributed by atoms with van der Waals surface area (Å²) in [6.45, 7) is 5.80. The number of benzene rings is 1. The molecule has 0 radical (unpaired) electrons. The lowest BCUT2D eigenvalue weighted by Gasteiger charge is -2.11. The van der Waals surface area contributed by atoms with E-state index in [2.05, 4.69) is 15.6 Å². The number of amides is 2. The summed E-state index contributed by atoms with van der Waals surface area (Å²) >= 11 is 6.09. The van der Waals surface area contributed by atoms with Gasteiger partial charge in [-0.1, -0.05) is 17.7 Å². The maximum atomic E-state index is 11.7. The van der Waals surface area contributed by atoms with Crippen molar-refractivity contribution in [2.75, 3.05) is 12.0 Å². The maximum Gasteiger partial charge on any atom is 0.323 e. The summed E-state index contributed by atoms with van der Waals surface area (Å²) in [5.41, 5.74) is 2.90. The Morgan fingerprint density at radius 2 is 1.91 bits per heavy atom. The smallest absolute Gasteiger partial charge is 0.323 e. The number of aromatic nitrogens is 1. The first kappa shape index (κ1) is 16.1. The van der Waals surface area contributed by atoms with Gasteiger partial charge < -0.3 is 10.1 Å². The number of nitrogens with one attached hydrogen (secondary N) is 2. The lowest BCUT2D eigenvalue weighted by molar-refractivity contribution is 0.234. The van der Waals surface area contributed by atoms with Gasteiger partial charge in [-0.2, -0.15) is 0 Å². The molecule has 5 nitrogen and oxygen atoms in total. The van der Waals surface area contributed by atoms with E-state index >= 15 is 0 Å². The number of carbonyl (C=O) groups excluding carboxylic acids is 1. The van der Waals surface area contributed by atoms with E-state index < -0.39 is 0 Å². The maximum absolute atomic E-state index is 11.7. The predicted octanol–water partition coefficient (Wildman–Crippen LogP) is 3.82. The van der Waals surface area contributed by atoms with Crippen LogP contribution >= 0.6 is 11.6 Å². The van der Waals surface area contributed by atoms with E-state index in [9.17, 15) is 4.79 Å². The molecule has 2 amide bonds. The molecule has 0 bridgehead atoms. The topological polar surface area (TPSA) is 63.2 Å². The van der Waals surface area contributed by atoms with Crippen LogP contribution in [0.25, 0.3) is 0 Å². The zero-order valence-corrected chi connectivity index (χ0v) is 13.5. The average Bonchev–Trinajstić information content (AvgIpc) is 2.47. The van der Waals surface area contributed by atoms with Crippen LogP contribution in [-0.2, 0) is 0 Å². The van der Waals surface area contributed by atoms with Crippen molar-refractivity contribution in [2.24, 2.45) is 0 Å². The van der Waals surface area contributed by atoms with Gasteiger partial charge in [0.05, 0.1) is 0 Å². The van der Waals surface area contributed by atoms with Crippen molar-refractivity contribution in [2.45, 2.75) is 20.8 Å². The van der Waals surface area contributed by atoms with Gasteiger partial charge in [0.2, 0.25) is 0 Å². The van der Waals surface area contributed by atoms with Crippen molar-refractivity contribution < 1.29 is 9.53 Å². The summed E-state index contributed by atoms with van der Waals surface area (Å²) < 4.78 is 5.50. The molecule has 0 atom stereocenters. The Morgan fingerprint density at radius 1 is 1.23 bits per heavy atom. The second-order valence-corrected chi connectivity index (χ2v) is 5.39. The van der Waals surface area contributed by atoms with E-state index in [0.29, 0.717) is 11.6 Å². The summed E-state index contributed by atoms with van der Waals surface area (Å²) in [7, 11) is 0. The van der Waals surface area contributed by atoms with Gasteiger partial charge in [0.1, 0.15) is 11.6 Å². The Kier molecular flexibility index (Phi) is 5.22. The molecule has 2 N–H and O–H groups in total.